The Kier molecular flexibility index (Phi) is 5.88. The maximum Gasteiger partial charge on any atom is 0.255 e. The molecule has 1 saturated carbocycles. The van der Waals surface area contributed by atoms with Crippen molar-refractivity contribution in [2.24, 2.45) is 0 Å². The van der Waals surface area contributed by atoms with Gasteiger partial charge >= 0.3 is 0 Å². The molecular weight excluding hydrogens is 408 g/mol. The maximum absolute atomic E-state index is 12.8. The smallest absolute Gasteiger partial charge is 0.255 e. The zero-order valence-corrected chi connectivity index (χ0v) is 18.4. The highest BCUT2D eigenvalue weighted by atomic mass is 35.5. The fourth-order valence-electron chi connectivity index (χ4n) is 4.81. The van der Waals surface area contributed by atoms with Crippen LogP contribution in [0, 0.1) is 0 Å². The topological polar surface area (TPSA) is 61.9 Å². The number of pyridine rings is 1. The van der Waals surface area contributed by atoms with Gasteiger partial charge in [0.1, 0.15) is 5.82 Å². The van der Waals surface area contributed by atoms with Gasteiger partial charge in [-0.1, -0.05) is 55.1 Å². The molecule has 5 rings (SSSR count). The first-order valence-electron chi connectivity index (χ1n) is 11.2. The van der Waals surface area contributed by atoms with Gasteiger partial charge in [-0.15, -0.1) is 0 Å². The number of rotatable bonds is 4. The normalized spacial score (nSPS) is 17.5. The average molecular weight is 435 g/mol. The van der Waals surface area contributed by atoms with Gasteiger partial charge in [0.25, 0.3) is 5.56 Å². The summed E-state index contributed by atoms with van der Waals surface area (Å²) in [7, 11) is 0. The molecule has 0 saturated heterocycles. The van der Waals surface area contributed by atoms with E-state index in [4.69, 9.17) is 16.6 Å². The summed E-state index contributed by atoms with van der Waals surface area (Å²) in [5.74, 6) is 1.34. The summed E-state index contributed by atoms with van der Waals surface area (Å²) in [4.78, 5) is 27.7. The van der Waals surface area contributed by atoms with Crippen LogP contribution < -0.4 is 5.56 Å². The molecule has 0 unspecified atom stereocenters. The third-order valence-electron chi connectivity index (χ3n) is 6.54. The molecule has 3 heterocycles. The molecule has 6 heteroatoms. The van der Waals surface area contributed by atoms with Crippen molar-refractivity contribution in [1.82, 2.24) is 19.9 Å². The van der Waals surface area contributed by atoms with Crippen molar-refractivity contribution in [3.05, 3.63) is 80.6 Å². The number of aromatic amines is 1. The molecule has 2 aliphatic rings. The van der Waals surface area contributed by atoms with Crippen molar-refractivity contribution in [1.29, 1.82) is 0 Å². The molecule has 3 aromatic rings. The summed E-state index contributed by atoms with van der Waals surface area (Å²) in [5, 5.41) is 0.703. The Morgan fingerprint density at radius 2 is 1.94 bits per heavy atom. The van der Waals surface area contributed by atoms with Crippen molar-refractivity contribution in [3.63, 3.8) is 0 Å². The lowest BCUT2D eigenvalue weighted by atomic mass is 9.88. The van der Waals surface area contributed by atoms with Crippen LogP contribution in [0.5, 0.6) is 0 Å². The highest BCUT2D eigenvalue weighted by Gasteiger charge is 2.24. The Morgan fingerprint density at radius 3 is 2.71 bits per heavy atom. The molecule has 5 nitrogen and oxygen atoms in total. The fraction of sp³-hybridized carbons (Fsp3) is 0.400. The number of benzene rings is 1. The van der Waals surface area contributed by atoms with Crippen LogP contribution in [0.3, 0.4) is 0 Å². The van der Waals surface area contributed by atoms with Gasteiger partial charge in [-0.3, -0.25) is 14.7 Å². The molecule has 160 valence electrons. The zero-order valence-electron chi connectivity index (χ0n) is 17.6. The number of halogens is 1. The second-order valence-electron chi connectivity index (χ2n) is 8.70. The number of fused-ring (bicyclic) bond motifs is 1. The molecule has 0 amide bonds. The monoisotopic (exact) mass is 434 g/mol. The second-order valence-corrected chi connectivity index (χ2v) is 9.11. The Morgan fingerprint density at radius 1 is 1.10 bits per heavy atom. The predicted octanol–water partition coefficient (Wildman–Crippen LogP) is 5.09. The molecule has 1 aromatic carbocycles. The number of hydrogen-bond acceptors (Lipinski definition) is 4. The van der Waals surface area contributed by atoms with Crippen molar-refractivity contribution in [2.45, 2.75) is 57.5 Å². The van der Waals surface area contributed by atoms with Crippen molar-refractivity contribution < 1.29 is 0 Å². The van der Waals surface area contributed by atoms with Crippen LogP contribution in [0.1, 0.15) is 60.7 Å². The van der Waals surface area contributed by atoms with E-state index in [2.05, 4.69) is 20.9 Å². The van der Waals surface area contributed by atoms with Gasteiger partial charge in [-0.05, 0) is 30.5 Å². The van der Waals surface area contributed by atoms with Crippen LogP contribution in [0.15, 0.2) is 47.4 Å². The van der Waals surface area contributed by atoms with E-state index in [9.17, 15) is 4.79 Å². The summed E-state index contributed by atoms with van der Waals surface area (Å²) in [6, 6.07) is 11.8. The van der Waals surface area contributed by atoms with Crippen LogP contribution in [0.2, 0.25) is 5.02 Å². The van der Waals surface area contributed by atoms with Crippen LogP contribution >= 0.6 is 11.6 Å². The molecule has 0 radical (unpaired) electrons. The fourth-order valence-corrected chi connectivity index (χ4v) is 5.04. The van der Waals surface area contributed by atoms with Crippen molar-refractivity contribution in [3.8, 4) is 11.3 Å². The first kappa shape index (κ1) is 20.4. The highest BCUT2D eigenvalue weighted by Crippen LogP contribution is 2.31. The van der Waals surface area contributed by atoms with Gasteiger partial charge in [-0.2, -0.15) is 0 Å². The minimum atomic E-state index is 0.0439. The van der Waals surface area contributed by atoms with E-state index in [0.717, 1.165) is 66.3 Å². The van der Waals surface area contributed by atoms with Crippen molar-refractivity contribution >= 4 is 11.6 Å². The molecule has 1 N–H and O–H groups in total. The number of nitrogens with zero attached hydrogens (tertiary/aromatic N) is 3. The van der Waals surface area contributed by atoms with Crippen LogP contribution in [-0.4, -0.2) is 26.4 Å². The minimum absolute atomic E-state index is 0.0439. The van der Waals surface area contributed by atoms with Crippen molar-refractivity contribution in [2.75, 3.05) is 6.54 Å². The lowest BCUT2D eigenvalue weighted by molar-refractivity contribution is 0.240. The molecule has 1 aliphatic heterocycles. The van der Waals surface area contributed by atoms with Gasteiger partial charge in [0, 0.05) is 48.8 Å². The molecule has 0 atom stereocenters. The van der Waals surface area contributed by atoms with E-state index in [1.807, 2.05) is 36.5 Å². The van der Waals surface area contributed by atoms with E-state index in [1.165, 1.54) is 19.3 Å². The standard InChI is InChI=1S/C25H27ClN4O/c26-21-9-5-4-8-19(21)22-11-10-17(14-27-22)15-30-13-12-23-20(16-30)25(31)29-24(28-23)18-6-2-1-3-7-18/h4-5,8-11,14,18H,1-3,6-7,12-13,15-16H2,(H,28,29,31). The Bertz CT molecular complexity index is 1120. The molecule has 1 aliphatic carbocycles. The summed E-state index contributed by atoms with van der Waals surface area (Å²) >= 11 is 6.29. The van der Waals surface area contributed by atoms with Crippen LogP contribution in [0.25, 0.3) is 11.3 Å². The summed E-state index contributed by atoms with van der Waals surface area (Å²) < 4.78 is 0. The lowest BCUT2D eigenvalue weighted by Gasteiger charge is -2.28. The van der Waals surface area contributed by atoms with E-state index >= 15 is 0 Å². The molecule has 0 bridgehead atoms. The molecule has 31 heavy (non-hydrogen) atoms. The zero-order chi connectivity index (χ0) is 21.2. The first-order chi connectivity index (χ1) is 15.2. The van der Waals surface area contributed by atoms with Gasteiger partial charge in [0.15, 0.2) is 0 Å². The second kappa shape index (κ2) is 8.93. The molecular formula is C25H27ClN4O. The predicted molar refractivity (Wildman–Crippen MR) is 123 cm³/mol. The number of H-pyrrole nitrogens is 1. The van der Waals surface area contributed by atoms with Crippen LogP contribution in [-0.2, 0) is 19.5 Å². The Balaban J connectivity index is 1.29. The SMILES string of the molecule is O=c1[nH]c(C2CCCCC2)nc2c1CN(Cc1ccc(-c3ccccc3Cl)nc1)CC2. The number of nitrogens with one attached hydrogen (secondary N) is 1. The molecule has 2 aromatic heterocycles. The van der Waals surface area contributed by atoms with E-state index < -0.39 is 0 Å². The van der Waals surface area contributed by atoms with Gasteiger partial charge in [-0.25, -0.2) is 4.98 Å². The van der Waals surface area contributed by atoms with E-state index in [1.54, 1.807) is 0 Å². The summed E-state index contributed by atoms with van der Waals surface area (Å²) in [6.07, 6.45) is 8.79. The van der Waals surface area contributed by atoms with Crippen LogP contribution in [0.4, 0.5) is 0 Å². The van der Waals surface area contributed by atoms with E-state index in [-0.39, 0.29) is 5.56 Å². The Hall–Kier alpha value is -2.50. The maximum atomic E-state index is 12.8. The van der Waals surface area contributed by atoms with Gasteiger partial charge in [0.05, 0.1) is 17.0 Å². The molecule has 0 spiro atoms. The Labute approximate surface area is 187 Å². The van der Waals surface area contributed by atoms with Gasteiger partial charge in [0.2, 0.25) is 0 Å². The summed E-state index contributed by atoms with van der Waals surface area (Å²) in [5.41, 5.74) is 4.80. The highest BCUT2D eigenvalue weighted by molar-refractivity contribution is 6.33. The largest absolute Gasteiger partial charge is 0.310 e. The molecule has 1 fully saturated rings. The lowest BCUT2D eigenvalue weighted by Crippen LogP contribution is -2.36. The third kappa shape index (κ3) is 4.43. The average Bonchev–Trinajstić information content (AvgIpc) is 2.81. The van der Waals surface area contributed by atoms with E-state index in [0.29, 0.717) is 17.5 Å². The number of aromatic nitrogens is 3. The van der Waals surface area contributed by atoms with Gasteiger partial charge < -0.3 is 4.98 Å². The quantitative estimate of drug-likeness (QED) is 0.621. The minimum Gasteiger partial charge on any atom is -0.310 e. The number of hydrogen-bond donors (Lipinski definition) is 1. The third-order valence-corrected chi connectivity index (χ3v) is 6.87. The summed E-state index contributed by atoms with van der Waals surface area (Å²) in [6.45, 7) is 2.30. The first-order valence-corrected chi connectivity index (χ1v) is 11.6.